The van der Waals surface area contributed by atoms with Crippen LogP contribution in [0.2, 0.25) is 0 Å². The molecule has 102 valence electrons. The standard InChI is InChI=1S/C13H27NO3/c1-10(2)6-7-13(4,12(15)16)14-8-11(3)9-17-5/h10-11,14H,6-9H2,1-5H3,(H,15,16). The van der Waals surface area contributed by atoms with Gasteiger partial charge in [-0.3, -0.25) is 4.79 Å². The Bertz CT molecular complexity index is 231. The van der Waals surface area contributed by atoms with Crippen LogP contribution in [-0.4, -0.2) is 36.9 Å². The summed E-state index contributed by atoms with van der Waals surface area (Å²) in [6.07, 6.45) is 1.56. The van der Waals surface area contributed by atoms with E-state index in [0.29, 0.717) is 31.4 Å². The van der Waals surface area contributed by atoms with Crippen molar-refractivity contribution >= 4 is 5.97 Å². The molecule has 0 radical (unpaired) electrons. The fourth-order valence-electron chi connectivity index (χ4n) is 1.59. The number of carboxylic acids is 1. The third-order valence-electron chi connectivity index (χ3n) is 2.99. The molecule has 0 aromatic rings. The Kier molecular flexibility index (Phi) is 7.39. The molecule has 0 spiro atoms. The van der Waals surface area contributed by atoms with Gasteiger partial charge in [0.05, 0.1) is 0 Å². The summed E-state index contributed by atoms with van der Waals surface area (Å²) in [5.41, 5.74) is -0.827. The molecule has 17 heavy (non-hydrogen) atoms. The van der Waals surface area contributed by atoms with Gasteiger partial charge in [-0.1, -0.05) is 20.8 Å². The fourth-order valence-corrected chi connectivity index (χ4v) is 1.59. The maximum Gasteiger partial charge on any atom is 0.323 e. The first-order valence-electron chi connectivity index (χ1n) is 6.29. The van der Waals surface area contributed by atoms with Crippen LogP contribution in [0.3, 0.4) is 0 Å². The normalized spacial score (nSPS) is 16.8. The van der Waals surface area contributed by atoms with Gasteiger partial charge in [0.15, 0.2) is 0 Å². The number of ether oxygens (including phenoxy) is 1. The van der Waals surface area contributed by atoms with Gasteiger partial charge >= 0.3 is 5.97 Å². The summed E-state index contributed by atoms with van der Waals surface area (Å²) in [5, 5.41) is 12.5. The summed E-state index contributed by atoms with van der Waals surface area (Å²) >= 11 is 0. The first-order valence-corrected chi connectivity index (χ1v) is 6.29. The topological polar surface area (TPSA) is 58.6 Å². The molecule has 4 nitrogen and oxygen atoms in total. The Labute approximate surface area is 105 Å². The molecule has 2 atom stereocenters. The van der Waals surface area contributed by atoms with Gasteiger partial charge in [0.1, 0.15) is 5.54 Å². The van der Waals surface area contributed by atoms with Gasteiger partial charge in [-0.25, -0.2) is 0 Å². The summed E-state index contributed by atoms with van der Waals surface area (Å²) in [4.78, 5) is 11.3. The zero-order valence-corrected chi connectivity index (χ0v) is 11.7. The SMILES string of the molecule is COCC(C)CNC(C)(CCC(C)C)C(=O)O. The molecule has 4 heteroatoms. The van der Waals surface area contributed by atoms with Crippen molar-refractivity contribution < 1.29 is 14.6 Å². The van der Waals surface area contributed by atoms with Gasteiger partial charge in [-0.2, -0.15) is 0 Å². The molecule has 0 aromatic heterocycles. The number of hydrogen-bond acceptors (Lipinski definition) is 3. The van der Waals surface area contributed by atoms with Crippen LogP contribution in [-0.2, 0) is 9.53 Å². The molecule has 0 aliphatic heterocycles. The quantitative estimate of drug-likeness (QED) is 0.653. The molecule has 0 aliphatic carbocycles. The minimum Gasteiger partial charge on any atom is -0.480 e. The van der Waals surface area contributed by atoms with E-state index in [2.05, 4.69) is 19.2 Å². The van der Waals surface area contributed by atoms with E-state index in [4.69, 9.17) is 4.74 Å². The molecular weight excluding hydrogens is 218 g/mol. The Morgan fingerprint density at radius 3 is 2.41 bits per heavy atom. The van der Waals surface area contributed by atoms with Crippen molar-refractivity contribution in [2.45, 2.75) is 46.1 Å². The Morgan fingerprint density at radius 1 is 1.41 bits per heavy atom. The van der Waals surface area contributed by atoms with Crippen LogP contribution in [0.25, 0.3) is 0 Å². The van der Waals surface area contributed by atoms with Gasteiger partial charge in [0.2, 0.25) is 0 Å². The van der Waals surface area contributed by atoms with Crippen LogP contribution in [0.1, 0.15) is 40.5 Å². The Balaban J connectivity index is 4.26. The molecule has 2 unspecified atom stereocenters. The minimum absolute atomic E-state index is 0.317. The van der Waals surface area contributed by atoms with Crippen LogP contribution in [0.15, 0.2) is 0 Å². The molecule has 0 bridgehead atoms. The number of nitrogens with one attached hydrogen (secondary N) is 1. The predicted molar refractivity (Wildman–Crippen MR) is 69.2 cm³/mol. The first kappa shape index (κ1) is 16.4. The van der Waals surface area contributed by atoms with Gasteiger partial charge in [-0.15, -0.1) is 0 Å². The molecule has 0 amide bonds. The molecular formula is C13H27NO3. The van der Waals surface area contributed by atoms with Gasteiger partial charge in [-0.05, 0) is 31.6 Å². The molecule has 0 saturated carbocycles. The Morgan fingerprint density at radius 2 is 2.00 bits per heavy atom. The van der Waals surface area contributed by atoms with Crippen molar-refractivity contribution in [3.8, 4) is 0 Å². The average Bonchev–Trinajstić information content (AvgIpc) is 2.23. The molecule has 0 heterocycles. The third kappa shape index (κ3) is 6.64. The summed E-state index contributed by atoms with van der Waals surface area (Å²) in [6, 6.07) is 0. The van der Waals surface area contributed by atoms with Gasteiger partial charge in [0, 0.05) is 20.3 Å². The second-order valence-electron chi connectivity index (χ2n) is 5.51. The molecule has 2 N–H and O–H groups in total. The lowest BCUT2D eigenvalue weighted by molar-refractivity contribution is -0.144. The lowest BCUT2D eigenvalue weighted by atomic mass is 9.91. The fraction of sp³-hybridized carbons (Fsp3) is 0.923. The maximum absolute atomic E-state index is 11.3. The Hall–Kier alpha value is -0.610. The summed E-state index contributed by atoms with van der Waals surface area (Å²) < 4.78 is 5.04. The van der Waals surface area contributed by atoms with E-state index in [1.54, 1.807) is 14.0 Å². The third-order valence-corrected chi connectivity index (χ3v) is 2.99. The van der Waals surface area contributed by atoms with E-state index >= 15 is 0 Å². The zero-order valence-electron chi connectivity index (χ0n) is 11.7. The second kappa shape index (κ2) is 7.67. The van der Waals surface area contributed by atoms with Crippen LogP contribution < -0.4 is 5.32 Å². The van der Waals surface area contributed by atoms with E-state index in [-0.39, 0.29) is 0 Å². The molecule has 0 aliphatic rings. The monoisotopic (exact) mass is 245 g/mol. The van der Waals surface area contributed by atoms with Crippen LogP contribution in [0, 0.1) is 11.8 Å². The van der Waals surface area contributed by atoms with Crippen molar-refractivity contribution in [2.24, 2.45) is 11.8 Å². The van der Waals surface area contributed by atoms with Gasteiger partial charge < -0.3 is 15.2 Å². The molecule has 0 rings (SSSR count). The lowest BCUT2D eigenvalue weighted by Crippen LogP contribution is -2.51. The summed E-state index contributed by atoms with van der Waals surface area (Å²) in [7, 11) is 1.66. The van der Waals surface area contributed by atoms with E-state index in [1.165, 1.54) is 0 Å². The number of carboxylic acid groups (broad SMARTS) is 1. The van der Waals surface area contributed by atoms with Crippen molar-refractivity contribution in [3.63, 3.8) is 0 Å². The highest BCUT2D eigenvalue weighted by molar-refractivity contribution is 5.78. The molecule has 0 aromatic carbocycles. The van der Waals surface area contributed by atoms with E-state index < -0.39 is 11.5 Å². The predicted octanol–water partition coefficient (Wildman–Crippen LogP) is 2.14. The van der Waals surface area contributed by atoms with E-state index in [0.717, 1.165) is 6.42 Å². The van der Waals surface area contributed by atoms with Crippen LogP contribution >= 0.6 is 0 Å². The van der Waals surface area contributed by atoms with E-state index in [1.807, 2.05) is 6.92 Å². The zero-order chi connectivity index (χ0) is 13.5. The number of hydrogen-bond donors (Lipinski definition) is 2. The maximum atomic E-state index is 11.3. The summed E-state index contributed by atoms with van der Waals surface area (Å²) in [5.74, 6) is 0.0624. The van der Waals surface area contributed by atoms with Crippen molar-refractivity contribution in [3.05, 3.63) is 0 Å². The van der Waals surface area contributed by atoms with Crippen molar-refractivity contribution in [1.82, 2.24) is 5.32 Å². The van der Waals surface area contributed by atoms with Crippen molar-refractivity contribution in [1.29, 1.82) is 0 Å². The highest BCUT2D eigenvalue weighted by Crippen LogP contribution is 2.17. The number of carbonyl (C=O) groups is 1. The number of rotatable bonds is 9. The highest BCUT2D eigenvalue weighted by Gasteiger charge is 2.32. The van der Waals surface area contributed by atoms with Crippen LogP contribution in [0.4, 0.5) is 0 Å². The van der Waals surface area contributed by atoms with Crippen LogP contribution in [0.5, 0.6) is 0 Å². The molecule has 0 saturated heterocycles. The average molecular weight is 245 g/mol. The second-order valence-corrected chi connectivity index (χ2v) is 5.51. The van der Waals surface area contributed by atoms with E-state index in [9.17, 15) is 9.90 Å². The van der Waals surface area contributed by atoms with Gasteiger partial charge in [0.25, 0.3) is 0 Å². The van der Waals surface area contributed by atoms with Crippen molar-refractivity contribution in [2.75, 3.05) is 20.3 Å². The summed E-state index contributed by atoms with van der Waals surface area (Å²) in [6.45, 7) is 9.33. The number of methoxy groups -OCH3 is 1. The first-order chi connectivity index (χ1) is 7.81. The smallest absolute Gasteiger partial charge is 0.323 e. The molecule has 0 fully saturated rings. The highest BCUT2D eigenvalue weighted by atomic mass is 16.5. The largest absolute Gasteiger partial charge is 0.480 e. The minimum atomic E-state index is -0.827. The lowest BCUT2D eigenvalue weighted by Gasteiger charge is -2.28. The number of aliphatic carboxylic acids is 1.